The van der Waals surface area contributed by atoms with Gasteiger partial charge in [-0.3, -0.25) is 9.59 Å². The van der Waals surface area contributed by atoms with Crippen molar-refractivity contribution in [3.05, 3.63) is 40.8 Å². The number of aryl methyl sites for hydroxylation is 2. The number of piperazine rings is 1. The highest BCUT2D eigenvalue weighted by Crippen LogP contribution is 2.26. The molecule has 3 heterocycles. The Labute approximate surface area is 164 Å². The monoisotopic (exact) mass is 381 g/mol. The van der Waals surface area contributed by atoms with Gasteiger partial charge in [0.1, 0.15) is 5.52 Å². The van der Waals surface area contributed by atoms with Crippen LogP contribution in [0.25, 0.3) is 21.8 Å². The van der Waals surface area contributed by atoms with Crippen molar-refractivity contribution in [3.8, 4) is 0 Å². The molecule has 0 bridgehead atoms. The summed E-state index contributed by atoms with van der Waals surface area (Å²) in [5.74, 6) is 0.214. The molecule has 148 valence electrons. The number of rotatable bonds is 5. The minimum Gasteiger partial charge on any atom is -0.340 e. The molecule has 1 saturated heterocycles. The lowest BCUT2D eigenvalue weighted by atomic mass is 10.2. The van der Waals surface area contributed by atoms with E-state index < -0.39 is 0 Å². The largest absolute Gasteiger partial charge is 0.340 e. The molecular weight excluding hydrogens is 354 g/mol. The Kier molecular flexibility index (Phi) is 5.17. The van der Waals surface area contributed by atoms with Crippen LogP contribution in [0.4, 0.5) is 0 Å². The number of nitrogens with zero attached hydrogens (tertiary/aromatic N) is 5. The van der Waals surface area contributed by atoms with Crippen molar-refractivity contribution in [2.75, 3.05) is 32.7 Å². The number of benzene rings is 1. The second-order valence-corrected chi connectivity index (χ2v) is 7.42. The molecule has 28 heavy (non-hydrogen) atoms. The lowest BCUT2D eigenvalue weighted by Gasteiger charge is -2.34. The van der Waals surface area contributed by atoms with E-state index in [1.165, 1.54) is 4.68 Å². The van der Waals surface area contributed by atoms with Crippen molar-refractivity contribution >= 4 is 27.7 Å². The Hall–Kier alpha value is -2.67. The molecular formula is C21H27N5O2. The predicted octanol–water partition coefficient (Wildman–Crippen LogP) is 1.83. The zero-order valence-electron chi connectivity index (χ0n) is 16.6. The molecule has 1 aliphatic rings. The molecule has 2 aromatic heterocycles. The maximum atomic E-state index is 12.7. The van der Waals surface area contributed by atoms with Gasteiger partial charge in [0.15, 0.2) is 0 Å². The Morgan fingerprint density at radius 3 is 2.61 bits per heavy atom. The number of para-hydroxylation sites is 1. The van der Waals surface area contributed by atoms with E-state index in [1.54, 1.807) is 13.2 Å². The molecule has 1 fully saturated rings. The Balaban J connectivity index is 1.52. The molecule has 7 heteroatoms. The van der Waals surface area contributed by atoms with Crippen LogP contribution in [0.1, 0.15) is 19.8 Å². The minimum atomic E-state index is -0.101. The summed E-state index contributed by atoms with van der Waals surface area (Å²) in [7, 11) is 1.67. The molecule has 7 nitrogen and oxygen atoms in total. The minimum absolute atomic E-state index is 0.101. The molecule has 0 saturated carbocycles. The van der Waals surface area contributed by atoms with E-state index in [4.69, 9.17) is 0 Å². The number of fused-ring (bicyclic) bond motifs is 3. The lowest BCUT2D eigenvalue weighted by molar-refractivity contribution is -0.133. The molecule has 0 atom stereocenters. The van der Waals surface area contributed by atoms with Crippen LogP contribution in [0.2, 0.25) is 0 Å². The second-order valence-electron chi connectivity index (χ2n) is 7.42. The van der Waals surface area contributed by atoms with E-state index in [1.807, 2.05) is 29.2 Å². The first kappa shape index (κ1) is 18.7. The van der Waals surface area contributed by atoms with Crippen LogP contribution in [0.5, 0.6) is 0 Å². The van der Waals surface area contributed by atoms with Gasteiger partial charge in [-0.15, -0.1) is 0 Å². The molecule has 4 rings (SSSR count). The first-order valence-corrected chi connectivity index (χ1v) is 10.0. The predicted molar refractivity (Wildman–Crippen MR) is 110 cm³/mol. The fraction of sp³-hybridized carbons (Fsp3) is 0.476. The van der Waals surface area contributed by atoms with Crippen molar-refractivity contribution < 1.29 is 4.79 Å². The summed E-state index contributed by atoms with van der Waals surface area (Å²) in [5, 5.41) is 6.09. The van der Waals surface area contributed by atoms with Gasteiger partial charge in [0.2, 0.25) is 5.91 Å². The van der Waals surface area contributed by atoms with Crippen LogP contribution in [0.15, 0.2) is 35.3 Å². The Morgan fingerprint density at radius 1 is 1.11 bits per heavy atom. The van der Waals surface area contributed by atoms with Crippen molar-refractivity contribution in [2.45, 2.75) is 26.3 Å². The summed E-state index contributed by atoms with van der Waals surface area (Å²) in [4.78, 5) is 29.7. The van der Waals surface area contributed by atoms with Gasteiger partial charge in [0.25, 0.3) is 5.56 Å². The third kappa shape index (κ3) is 3.30. The van der Waals surface area contributed by atoms with Crippen molar-refractivity contribution in [3.63, 3.8) is 0 Å². The summed E-state index contributed by atoms with van der Waals surface area (Å²) in [6.45, 7) is 7.38. The third-order valence-corrected chi connectivity index (χ3v) is 5.81. The molecule has 1 aliphatic heterocycles. The number of hydrogen-bond acceptors (Lipinski definition) is 4. The van der Waals surface area contributed by atoms with Gasteiger partial charge in [-0.2, -0.15) is 5.10 Å². The first-order chi connectivity index (χ1) is 13.6. The number of likely N-dealkylation sites (N-methyl/N-ethyl adjacent to an activating group) is 1. The number of amides is 1. The molecule has 1 aromatic carbocycles. The Bertz CT molecular complexity index is 1060. The highest BCUT2D eigenvalue weighted by Gasteiger charge is 2.20. The van der Waals surface area contributed by atoms with Gasteiger partial charge < -0.3 is 14.4 Å². The van der Waals surface area contributed by atoms with Crippen LogP contribution >= 0.6 is 0 Å². The number of carbonyl (C=O) groups is 1. The average Bonchev–Trinajstić information content (AvgIpc) is 3.05. The average molecular weight is 381 g/mol. The summed E-state index contributed by atoms with van der Waals surface area (Å²) < 4.78 is 3.42. The van der Waals surface area contributed by atoms with E-state index in [9.17, 15) is 9.59 Å². The van der Waals surface area contributed by atoms with Crippen LogP contribution in [-0.2, 0) is 18.4 Å². The van der Waals surface area contributed by atoms with Gasteiger partial charge in [0.05, 0.1) is 6.20 Å². The number of aromatic nitrogens is 3. The Morgan fingerprint density at radius 2 is 1.86 bits per heavy atom. The fourth-order valence-corrected chi connectivity index (χ4v) is 4.13. The normalized spacial score (nSPS) is 15.6. The summed E-state index contributed by atoms with van der Waals surface area (Å²) in [6, 6.07) is 8.01. The van der Waals surface area contributed by atoms with Crippen molar-refractivity contribution in [2.24, 2.45) is 7.05 Å². The van der Waals surface area contributed by atoms with E-state index in [0.717, 1.165) is 49.0 Å². The lowest BCUT2D eigenvalue weighted by Crippen LogP contribution is -2.48. The van der Waals surface area contributed by atoms with Gasteiger partial charge >= 0.3 is 0 Å². The molecule has 0 aliphatic carbocycles. The van der Waals surface area contributed by atoms with Crippen molar-refractivity contribution in [1.29, 1.82) is 0 Å². The van der Waals surface area contributed by atoms with Crippen LogP contribution < -0.4 is 5.56 Å². The number of carbonyl (C=O) groups excluding carboxylic acids is 1. The standard InChI is InChI=1S/C21H27N5O2/c1-3-24-11-13-25(14-12-24)19(27)9-6-10-26-18-8-5-4-7-16(18)17-15-22-23(2)21(28)20(17)26/h4-5,7-8,15H,3,6,9-14H2,1-2H3. The summed E-state index contributed by atoms with van der Waals surface area (Å²) >= 11 is 0. The zero-order chi connectivity index (χ0) is 19.7. The summed E-state index contributed by atoms with van der Waals surface area (Å²) in [5.41, 5.74) is 1.59. The zero-order valence-corrected chi connectivity index (χ0v) is 16.6. The van der Waals surface area contributed by atoms with Crippen LogP contribution in [0, 0.1) is 0 Å². The molecule has 0 spiro atoms. The van der Waals surface area contributed by atoms with Crippen LogP contribution in [0.3, 0.4) is 0 Å². The topological polar surface area (TPSA) is 63.4 Å². The number of hydrogen-bond donors (Lipinski definition) is 0. The van der Waals surface area contributed by atoms with E-state index in [-0.39, 0.29) is 11.5 Å². The van der Waals surface area contributed by atoms with E-state index in [2.05, 4.69) is 21.5 Å². The molecule has 1 amide bonds. The van der Waals surface area contributed by atoms with E-state index in [0.29, 0.717) is 24.9 Å². The second kappa shape index (κ2) is 7.75. The summed E-state index contributed by atoms with van der Waals surface area (Å²) in [6.07, 6.45) is 2.98. The van der Waals surface area contributed by atoms with Crippen LogP contribution in [-0.4, -0.2) is 62.8 Å². The maximum absolute atomic E-state index is 12.7. The van der Waals surface area contributed by atoms with Gasteiger partial charge in [-0.25, -0.2) is 4.68 Å². The van der Waals surface area contributed by atoms with E-state index >= 15 is 0 Å². The highest BCUT2D eigenvalue weighted by atomic mass is 16.2. The maximum Gasteiger partial charge on any atom is 0.291 e. The highest BCUT2D eigenvalue weighted by molar-refractivity contribution is 6.07. The van der Waals surface area contributed by atoms with Gasteiger partial charge in [-0.05, 0) is 19.0 Å². The van der Waals surface area contributed by atoms with Gasteiger partial charge in [-0.1, -0.05) is 25.1 Å². The molecule has 0 unspecified atom stereocenters. The SMILES string of the molecule is CCN1CCN(C(=O)CCCn2c3ccccc3c3cnn(C)c(=O)c32)CC1. The quantitative estimate of drug-likeness (QED) is 0.676. The van der Waals surface area contributed by atoms with Crippen molar-refractivity contribution in [1.82, 2.24) is 24.1 Å². The molecule has 3 aromatic rings. The molecule has 0 radical (unpaired) electrons. The third-order valence-electron chi connectivity index (χ3n) is 5.81. The fourth-order valence-electron chi connectivity index (χ4n) is 4.13. The smallest absolute Gasteiger partial charge is 0.291 e. The first-order valence-electron chi connectivity index (χ1n) is 10.0. The van der Waals surface area contributed by atoms with Gasteiger partial charge in [0, 0.05) is 62.5 Å². The molecule has 0 N–H and O–H groups in total.